The topological polar surface area (TPSA) is 9.23 Å². The number of rotatable bonds is 6. The number of benzene rings is 2. The Hall–Kier alpha value is -0.990. The number of unbranched alkanes of at least 4 members (excludes halogenated alkanes) is 1. The lowest BCUT2D eigenvalue weighted by molar-refractivity contribution is 0.307. The number of aryl methyl sites for hydroxylation is 1. The Morgan fingerprint density at radius 2 is 1.79 bits per heavy atom. The van der Waals surface area contributed by atoms with Gasteiger partial charge in [-0.05, 0) is 43.0 Å². The minimum absolute atomic E-state index is 0.659. The highest BCUT2D eigenvalue weighted by molar-refractivity contribution is 9.10. The molecule has 0 unspecified atom stereocenters. The van der Waals surface area contributed by atoms with Crippen LogP contribution in [0.15, 0.2) is 53.0 Å². The minimum Gasteiger partial charge on any atom is -0.492 e. The van der Waals surface area contributed by atoms with Gasteiger partial charge in [0, 0.05) is 4.47 Å². The molecule has 1 nitrogen and oxygen atoms in total. The lowest BCUT2D eigenvalue weighted by atomic mass is 10.1. The SMILES string of the molecule is Clc1ccc(Br)cc1OCCCCc1ccccc1. The molecular formula is C16H16BrClO. The molecule has 0 radical (unpaired) electrons. The van der Waals surface area contributed by atoms with Crippen LogP contribution in [0.5, 0.6) is 5.75 Å². The van der Waals surface area contributed by atoms with Crippen molar-refractivity contribution in [3.8, 4) is 5.75 Å². The van der Waals surface area contributed by atoms with E-state index in [-0.39, 0.29) is 0 Å². The van der Waals surface area contributed by atoms with E-state index in [4.69, 9.17) is 16.3 Å². The summed E-state index contributed by atoms with van der Waals surface area (Å²) in [5, 5.41) is 0.659. The Kier molecular flexibility index (Phi) is 5.74. The molecule has 0 aliphatic carbocycles. The monoisotopic (exact) mass is 338 g/mol. The molecule has 0 saturated heterocycles. The highest BCUT2D eigenvalue weighted by atomic mass is 79.9. The van der Waals surface area contributed by atoms with Gasteiger partial charge in [0.05, 0.1) is 11.6 Å². The molecule has 0 spiro atoms. The summed E-state index contributed by atoms with van der Waals surface area (Å²) in [6, 6.07) is 16.2. The first-order valence-corrected chi connectivity index (χ1v) is 7.54. The van der Waals surface area contributed by atoms with Crippen molar-refractivity contribution in [3.63, 3.8) is 0 Å². The van der Waals surface area contributed by atoms with Gasteiger partial charge in [-0.3, -0.25) is 0 Å². The predicted molar refractivity (Wildman–Crippen MR) is 84.0 cm³/mol. The summed E-state index contributed by atoms with van der Waals surface area (Å²) in [6.07, 6.45) is 3.24. The Bertz CT molecular complexity index is 513. The molecule has 0 aliphatic rings. The number of hydrogen-bond donors (Lipinski definition) is 0. The quantitative estimate of drug-likeness (QED) is 0.631. The van der Waals surface area contributed by atoms with E-state index in [2.05, 4.69) is 40.2 Å². The maximum Gasteiger partial charge on any atom is 0.139 e. The summed E-state index contributed by atoms with van der Waals surface area (Å²) >= 11 is 9.47. The molecular weight excluding hydrogens is 324 g/mol. The minimum atomic E-state index is 0.659. The van der Waals surface area contributed by atoms with Gasteiger partial charge in [-0.25, -0.2) is 0 Å². The van der Waals surface area contributed by atoms with E-state index in [1.54, 1.807) is 0 Å². The normalized spacial score (nSPS) is 10.4. The molecule has 0 aliphatic heterocycles. The first kappa shape index (κ1) is 14.4. The summed E-state index contributed by atoms with van der Waals surface area (Å²) in [7, 11) is 0. The fourth-order valence-corrected chi connectivity index (χ4v) is 2.36. The van der Waals surface area contributed by atoms with E-state index in [1.165, 1.54) is 5.56 Å². The lowest BCUT2D eigenvalue weighted by Crippen LogP contribution is -1.99. The molecule has 0 N–H and O–H groups in total. The molecule has 0 atom stereocenters. The Morgan fingerprint density at radius 1 is 1.00 bits per heavy atom. The molecule has 0 amide bonds. The molecule has 19 heavy (non-hydrogen) atoms. The highest BCUT2D eigenvalue weighted by Gasteiger charge is 2.02. The molecule has 100 valence electrons. The van der Waals surface area contributed by atoms with Crippen molar-refractivity contribution in [3.05, 3.63) is 63.6 Å². The van der Waals surface area contributed by atoms with Crippen LogP contribution >= 0.6 is 27.5 Å². The van der Waals surface area contributed by atoms with Gasteiger partial charge in [-0.2, -0.15) is 0 Å². The van der Waals surface area contributed by atoms with Crippen molar-refractivity contribution in [1.29, 1.82) is 0 Å². The van der Waals surface area contributed by atoms with Crippen molar-refractivity contribution in [2.24, 2.45) is 0 Å². The zero-order valence-electron chi connectivity index (χ0n) is 10.6. The van der Waals surface area contributed by atoms with Crippen LogP contribution in [0.1, 0.15) is 18.4 Å². The molecule has 0 bridgehead atoms. The molecule has 2 aromatic rings. The number of halogens is 2. The van der Waals surface area contributed by atoms with Crippen molar-refractivity contribution >= 4 is 27.5 Å². The van der Waals surface area contributed by atoms with Crippen LogP contribution in [-0.2, 0) is 6.42 Å². The summed E-state index contributed by atoms with van der Waals surface area (Å²) < 4.78 is 6.68. The predicted octanol–water partition coefficient (Wildman–Crippen LogP) is 5.50. The summed E-state index contributed by atoms with van der Waals surface area (Å²) in [6.45, 7) is 0.697. The van der Waals surface area contributed by atoms with Gasteiger partial charge in [-0.15, -0.1) is 0 Å². The maximum absolute atomic E-state index is 6.06. The highest BCUT2D eigenvalue weighted by Crippen LogP contribution is 2.28. The average Bonchev–Trinajstić information content (AvgIpc) is 2.43. The van der Waals surface area contributed by atoms with Crippen molar-refractivity contribution in [2.45, 2.75) is 19.3 Å². The second kappa shape index (κ2) is 7.56. The van der Waals surface area contributed by atoms with Crippen LogP contribution < -0.4 is 4.74 Å². The van der Waals surface area contributed by atoms with Gasteiger partial charge in [0.15, 0.2) is 0 Å². The molecule has 2 aromatic carbocycles. The van der Waals surface area contributed by atoms with Gasteiger partial charge >= 0.3 is 0 Å². The van der Waals surface area contributed by atoms with E-state index in [0.717, 1.165) is 29.5 Å². The van der Waals surface area contributed by atoms with Gasteiger partial charge in [0.1, 0.15) is 5.75 Å². The Labute approximate surface area is 127 Å². The smallest absolute Gasteiger partial charge is 0.139 e. The first-order chi connectivity index (χ1) is 9.25. The lowest BCUT2D eigenvalue weighted by Gasteiger charge is -2.08. The van der Waals surface area contributed by atoms with E-state index < -0.39 is 0 Å². The van der Waals surface area contributed by atoms with Crippen LogP contribution in [0.25, 0.3) is 0 Å². The Balaban J connectivity index is 1.71. The van der Waals surface area contributed by atoms with Gasteiger partial charge < -0.3 is 4.74 Å². The fraction of sp³-hybridized carbons (Fsp3) is 0.250. The van der Waals surface area contributed by atoms with Crippen molar-refractivity contribution < 1.29 is 4.74 Å². The third kappa shape index (κ3) is 4.88. The first-order valence-electron chi connectivity index (χ1n) is 6.37. The van der Waals surface area contributed by atoms with Crippen LogP contribution in [0, 0.1) is 0 Å². The summed E-state index contributed by atoms with van der Waals surface area (Å²) in [4.78, 5) is 0. The molecule has 0 fully saturated rings. The van der Waals surface area contributed by atoms with Gasteiger partial charge in [-0.1, -0.05) is 57.9 Å². The molecule has 0 heterocycles. The van der Waals surface area contributed by atoms with Crippen LogP contribution in [0.3, 0.4) is 0 Å². The number of hydrogen-bond acceptors (Lipinski definition) is 1. The summed E-state index contributed by atoms with van der Waals surface area (Å²) in [5.74, 6) is 0.746. The maximum atomic E-state index is 6.06. The van der Waals surface area contributed by atoms with E-state index in [9.17, 15) is 0 Å². The zero-order chi connectivity index (χ0) is 13.5. The second-order valence-electron chi connectivity index (χ2n) is 4.37. The molecule has 3 heteroatoms. The van der Waals surface area contributed by atoms with Gasteiger partial charge in [0.25, 0.3) is 0 Å². The van der Waals surface area contributed by atoms with Crippen molar-refractivity contribution in [2.75, 3.05) is 6.61 Å². The molecule has 0 aromatic heterocycles. The van der Waals surface area contributed by atoms with Crippen LogP contribution in [0.2, 0.25) is 5.02 Å². The molecule has 0 saturated carbocycles. The average molecular weight is 340 g/mol. The van der Waals surface area contributed by atoms with Gasteiger partial charge in [0.2, 0.25) is 0 Å². The third-order valence-electron chi connectivity index (χ3n) is 2.85. The van der Waals surface area contributed by atoms with Crippen molar-refractivity contribution in [1.82, 2.24) is 0 Å². The summed E-state index contributed by atoms with van der Waals surface area (Å²) in [5.41, 5.74) is 1.38. The third-order valence-corrected chi connectivity index (χ3v) is 3.66. The second-order valence-corrected chi connectivity index (χ2v) is 5.69. The number of ether oxygens (including phenoxy) is 1. The molecule has 2 rings (SSSR count). The van der Waals surface area contributed by atoms with E-state index in [1.807, 2.05) is 24.3 Å². The standard InChI is InChI=1S/C16H16BrClO/c17-14-9-10-15(18)16(12-14)19-11-5-4-8-13-6-2-1-3-7-13/h1-3,6-7,9-10,12H,4-5,8,11H2. The van der Waals surface area contributed by atoms with Crippen LogP contribution in [0.4, 0.5) is 0 Å². The van der Waals surface area contributed by atoms with Crippen LogP contribution in [-0.4, -0.2) is 6.61 Å². The fourth-order valence-electron chi connectivity index (χ4n) is 1.85. The van der Waals surface area contributed by atoms with E-state index >= 15 is 0 Å². The Morgan fingerprint density at radius 3 is 2.58 bits per heavy atom. The zero-order valence-corrected chi connectivity index (χ0v) is 13.0. The largest absolute Gasteiger partial charge is 0.492 e. The van der Waals surface area contributed by atoms with E-state index in [0.29, 0.717) is 11.6 Å².